The topological polar surface area (TPSA) is 74.8 Å². The van der Waals surface area contributed by atoms with Crippen LogP contribution in [0.5, 0.6) is 0 Å². The second-order valence-corrected chi connectivity index (χ2v) is 6.35. The highest BCUT2D eigenvalue weighted by molar-refractivity contribution is 7.89. The number of aromatic nitrogens is 2. The summed E-state index contributed by atoms with van der Waals surface area (Å²) < 4.78 is 26.0. The van der Waals surface area contributed by atoms with Crippen molar-refractivity contribution in [1.82, 2.24) is 14.9 Å². The Hall–Kier alpha value is -0.880. The van der Waals surface area contributed by atoms with E-state index in [1.165, 1.54) is 37.9 Å². The maximum atomic E-state index is 11.7. The number of sulfonamides is 1. The van der Waals surface area contributed by atoms with E-state index in [9.17, 15) is 8.42 Å². The first-order valence-electron chi connectivity index (χ1n) is 6.17. The lowest BCUT2D eigenvalue weighted by atomic mass is 10.0. The van der Waals surface area contributed by atoms with Gasteiger partial charge >= 0.3 is 0 Å². The zero-order valence-electron chi connectivity index (χ0n) is 9.85. The molecule has 0 atom stereocenters. The lowest BCUT2D eigenvalue weighted by molar-refractivity contribution is 0.480. The summed E-state index contributed by atoms with van der Waals surface area (Å²) in [6.45, 7) is 0.512. The number of hydrogen-bond acceptors (Lipinski definition) is 3. The van der Waals surface area contributed by atoms with Crippen molar-refractivity contribution in [1.29, 1.82) is 0 Å². The van der Waals surface area contributed by atoms with Crippen LogP contribution in [0.1, 0.15) is 38.5 Å². The number of nitrogens with one attached hydrogen (secondary N) is 2. The Bertz CT molecular complexity index is 422. The molecule has 0 bridgehead atoms. The fraction of sp³-hybridized carbons (Fsp3) is 0.727. The van der Waals surface area contributed by atoms with Crippen molar-refractivity contribution in [2.75, 3.05) is 6.54 Å². The summed E-state index contributed by atoms with van der Waals surface area (Å²) >= 11 is 0. The maximum absolute atomic E-state index is 11.7. The van der Waals surface area contributed by atoms with Crippen LogP contribution in [-0.4, -0.2) is 25.2 Å². The van der Waals surface area contributed by atoms with Gasteiger partial charge in [0.15, 0.2) is 5.03 Å². The molecule has 0 unspecified atom stereocenters. The minimum atomic E-state index is -3.38. The van der Waals surface area contributed by atoms with Crippen LogP contribution in [0.3, 0.4) is 0 Å². The molecule has 1 aromatic rings. The quantitative estimate of drug-likeness (QED) is 0.761. The monoisotopic (exact) mass is 257 g/mol. The third-order valence-corrected chi connectivity index (χ3v) is 4.71. The van der Waals surface area contributed by atoms with Gasteiger partial charge in [-0.2, -0.15) is 5.10 Å². The first kappa shape index (κ1) is 12.6. The van der Waals surface area contributed by atoms with E-state index in [2.05, 4.69) is 14.9 Å². The minimum absolute atomic E-state index is 0.137. The summed E-state index contributed by atoms with van der Waals surface area (Å²) in [4.78, 5) is 0. The molecule has 17 heavy (non-hydrogen) atoms. The standard InChI is InChI=1S/C11H19N3O2S/c15-17(16,11-7-9-12-14-11)13-8-3-6-10-4-1-2-5-10/h7,9-10,13H,1-6,8H2,(H,12,14). The van der Waals surface area contributed by atoms with Crippen LogP contribution in [-0.2, 0) is 10.0 Å². The van der Waals surface area contributed by atoms with Gasteiger partial charge in [0.1, 0.15) is 0 Å². The highest BCUT2D eigenvalue weighted by Gasteiger charge is 2.16. The number of aromatic amines is 1. The highest BCUT2D eigenvalue weighted by atomic mass is 32.2. The third-order valence-electron chi connectivity index (χ3n) is 3.32. The van der Waals surface area contributed by atoms with Crippen molar-refractivity contribution >= 4 is 10.0 Å². The van der Waals surface area contributed by atoms with E-state index >= 15 is 0 Å². The molecule has 2 rings (SSSR count). The van der Waals surface area contributed by atoms with Crippen LogP contribution in [0.15, 0.2) is 17.3 Å². The van der Waals surface area contributed by atoms with E-state index in [-0.39, 0.29) is 5.03 Å². The molecule has 2 N–H and O–H groups in total. The van der Waals surface area contributed by atoms with Crippen molar-refractivity contribution < 1.29 is 8.42 Å². The van der Waals surface area contributed by atoms with Crippen molar-refractivity contribution in [3.8, 4) is 0 Å². The SMILES string of the molecule is O=S(=O)(NCCCC1CCCC1)c1ccn[nH]1. The van der Waals surface area contributed by atoms with E-state index in [1.807, 2.05) is 0 Å². The highest BCUT2D eigenvalue weighted by Crippen LogP contribution is 2.28. The molecule has 0 amide bonds. The van der Waals surface area contributed by atoms with Gasteiger partial charge in [0, 0.05) is 6.54 Å². The molecule has 6 heteroatoms. The van der Waals surface area contributed by atoms with Crippen LogP contribution >= 0.6 is 0 Å². The van der Waals surface area contributed by atoms with Gasteiger partial charge in [-0.05, 0) is 24.8 Å². The van der Waals surface area contributed by atoms with Crippen molar-refractivity contribution in [2.45, 2.75) is 43.6 Å². The van der Waals surface area contributed by atoms with Crippen molar-refractivity contribution in [3.63, 3.8) is 0 Å². The lowest BCUT2D eigenvalue weighted by Gasteiger charge is -2.08. The zero-order valence-corrected chi connectivity index (χ0v) is 10.7. The Morgan fingerprint density at radius 1 is 1.41 bits per heavy atom. The van der Waals surface area contributed by atoms with E-state index in [4.69, 9.17) is 0 Å². The van der Waals surface area contributed by atoms with Gasteiger partial charge in [0.05, 0.1) is 6.20 Å². The molecule has 1 fully saturated rings. The van der Waals surface area contributed by atoms with Gasteiger partial charge < -0.3 is 0 Å². The normalized spacial score (nSPS) is 17.6. The first-order chi connectivity index (χ1) is 8.18. The molecule has 1 aromatic heterocycles. The van der Waals surface area contributed by atoms with Crippen LogP contribution < -0.4 is 4.72 Å². The van der Waals surface area contributed by atoms with Crippen LogP contribution in [0.25, 0.3) is 0 Å². The Morgan fingerprint density at radius 3 is 2.82 bits per heavy atom. The van der Waals surface area contributed by atoms with E-state index in [0.717, 1.165) is 18.8 Å². The van der Waals surface area contributed by atoms with Gasteiger partial charge in [-0.3, -0.25) is 5.10 Å². The molecule has 0 aromatic carbocycles. The lowest BCUT2D eigenvalue weighted by Crippen LogP contribution is -2.25. The van der Waals surface area contributed by atoms with Gasteiger partial charge in [-0.1, -0.05) is 25.7 Å². The number of nitrogens with zero attached hydrogens (tertiary/aromatic N) is 1. The molecular formula is C11H19N3O2S. The summed E-state index contributed by atoms with van der Waals surface area (Å²) in [6, 6.07) is 1.46. The molecule has 1 heterocycles. The Kier molecular flexibility index (Phi) is 4.17. The molecule has 0 saturated heterocycles. The predicted octanol–water partition coefficient (Wildman–Crippen LogP) is 1.66. The van der Waals surface area contributed by atoms with Gasteiger partial charge in [0.25, 0.3) is 10.0 Å². The second kappa shape index (κ2) is 5.64. The van der Waals surface area contributed by atoms with Crippen LogP contribution in [0.2, 0.25) is 0 Å². The molecule has 1 aliphatic carbocycles. The fourth-order valence-corrected chi connectivity index (χ4v) is 3.35. The Labute approximate surface area is 102 Å². The second-order valence-electron chi connectivity index (χ2n) is 4.61. The fourth-order valence-electron chi connectivity index (χ4n) is 2.37. The average Bonchev–Trinajstić information content (AvgIpc) is 2.97. The summed E-state index contributed by atoms with van der Waals surface area (Å²) in [7, 11) is -3.38. The molecule has 0 spiro atoms. The summed E-state index contributed by atoms with van der Waals surface area (Å²) in [5.41, 5.74) is 0. The summed E-state index contributed by atoms with van der Waals surface area (Å²) in [5, 5.41) is 6.23. The Morgan fingerprint density at radius 2 is 2.18 bits per heavy atom. The number of hydrogen-bond donors (Lipinski definition) is 2. The molecule has 5 nitrogen and oxygen atoms in total. The minimum Gasteiger partial charge on any atom is -0.266 e. The first-order valence-corrected chi connectivity index (χ1v) is 7.66. The smallest absolute Gasteiger partial charge is 0.257 e. The molecule has 96 valence electrons. The van der Waals surface area contributed by atoms with E-state index < -0.39 is 10.0 Å². The van der Waals surface area contributed by atoms with Gasteiger partial charge in [-0.15, -0.1) is 0 Å². The molecule has 0 radical (unpaired) electrons. The van der Waals surface area contributed by atoms with Gasteiger partial charge in [0.2, 0.25) is 0 Å². The Balaban J connectivity index is 1.71. The number of rotatable bonds is 6. The summed E-state index contributed by atoms with van der Waals surface area (Å²) in [5.74, 6) is 0.812. The number of H-pyrrole nitrogens is 1. The van der Waals surface area contributed by atoms with Crippen molar-refractivity contribution in [2.24, 2.45) is 5.92 Å². The average molecular weight is 257 g/mol. The van der Waals surface area contributed by atoms with Gasteiger partial charge in [-0.25, -0.2) is 13.1 Å². The third kappa shape index (κ3) is 3.54. The summed E-state index contributed by atoms with van der Waals surface area (Å²) in [6.07, 6.45) is 8.78. The zero-order chi connectivity index (χ0) is 12.1. The molecule has 0 aliphatic heterocycles. The molecular weight excluding hydrogens is 238 g/mol. The van der Waals surface area contributed by atoms with Crippen molar-refractivity contribution in [3.05, 3.63) is 12.3 Å². The molecule has 1 aliphatic rings. The maximum Gasteiger partial charge on any atom is 0.257 e. The predicted molar refractivity (Wildman–Crippen MR) is 65.0 cm³/mol. The van der Waals surface area contributed by atoms with E-state index in [0.29, 0.717) is 6.54 Å². The van der Waals surface area contributed by atoms with E-state index in [1.54, 1.807) is 0 Å². The molecule has 1 saturated carbocycles. The van der Waals surface area contributed by atoms with Crippen LogP contribution in [0, 0.1) is 5.92 Å². The van der Waals surface area contributed by atoms with Crippen LogP contribution in [0.4, 0.5) is 0 Å². The largest absolute Gasteiger partial charge is 0.266 e.